The molecule has 0 radical (unpaired) electrons. The minimum atomic E-state index is -0.452. The van der Waals surface area contributed by atoms with Gasteiger partial charge in [0.15, 0.2) is 0 Å². The molecule has 0 saturated carbocycles. The molecule has 43 heavy (non-hydrogen) atoms. The van der Waals surface area contributed by atoms with Crippen molar-refractivity contribution in [1.29, 1.82) is 0 Å². The third-order valence-corrected chi connectivity index (χ3v) is 8.53. The number of amides is 1. The van der Waals surface area contributed by atoms with Gasteiger partial charge in [0, 0.05) is 21.4 Å². The number of hydrogen-bond acceptors (Lipinski definition) is 5. The summed E-state index contributed by atoms with van der Waals surface area (Å²) in [4.78, 5) is 33.2. The molecule has 0 atom stereocenters. The molecule has 0 fully saturated rings. The number of rotatable bonds is 9. The SMILES string of the molecule is CCOC(=O)c1c(NC(=O)c2cc(-c3ccc(CC(C)C)cc3)nc3ccccc23)sc(C)c1-c1ccc(C(C)C)cc1. The van der Waals surface area contributed by atoms with E-state index in [4.69, 9.17) is 9.72 Å². The Morgan fingerprint density at radius 1 is 0.907 bits per heavy atom. The number of anilines is 1. The molecule has 1 N–H and O–H groups in total. The molecule has 0 saturated heterocycles. The van der Waals surface area contributed by atoms with Gasteiger partial charge >= 0.3 is 5.97 Å². The van der Waals surface area contributed by atoms with Crippen molar-refractivity contribution in [3.8, 4) is 22.4 Å². The van der Waals surface area contributed by atoms with E-state index in [-0.39, 0.29) is 12.5 Å². The van der Waals surface area contributed by atoms with Crippen LogP contribution < -0.4 is 5.32 Å². The van der Waals surface area contributed by atoms with E-state index >= 15 is 0 Å². The van der Waals surface area contributed by atoms with Gasteiger partial charge < -0.3 is 10.1 Å². The van der Waals surface area contributed by atoms with Crippen molar-refractivity contribution in [3.05, 3.63) is 106 Å². The summed E-state index contributed by atoms with van der Waals surface area (Å²) in [5, 5.41) is 4.30. The molecule has 0 aliphatic carbocycles. The molecule has 1 amide bonds. The Hall–Kier alpha value is -4.29. The Balaban J connectivity index is 1.56. The normalized spacial score (nSPS) is 11.3. The molecule has 220 valence electrons. The molecule has 2 heterocycles. The maximum Gasteiger partial charge on any atom is 0.341 e. The molecular formula is C37H38N2O3S. The molecule has 6 heteroatoms. The number of aromatic nitrogens is 1. The molecule has 2 aromatic heterocycles. The maximum atomic E-state index is 14.0. The third kappa shape index (κ3) is 6.55. The van der Waals surface area contributed by atoms with Crippen LogP contribution in [0.3, 0.4) is 0 Å². The molecule has 5 aromatic rings. The summed E-state index contributed by atoms with van der Waals surface area (Å²) in [6.45, 7) is 12.7. The lowest BCUT2D eigenvalue weighted by Gasteiger charge is -2.12. The van der Waals surface area contributed by atoms with Crippen LogP contribution in [0.15, 0.2) is 78.9 Å². The fraction of sp³-hybridized carbons (Fsp3) is 0.270. The fourth-order valence-electron chi connectivity index (χ4n) is 5.38. The summed E-state index contributed by atoms with van der Waals surface area (Å²) in [6.07, 6.45) is 1.01. The van der Waals surface area contributed by atoms with Crippen molar-refractivity contribution in [1.82, 2.24) is 4.98 Å². The van der Waals surface area contributed by atoms with E-state index in [2.05, 4.69) is 69.4 Å². The first-order valence-corrected chi connectivity index (χ1v) is 15.7. The van der Waals surface area contributed by atoms with Crippen LogP contribution in [0, 0.1) is 12.8 Å². The Labute approximate surface area is 258 Å². The van der Waals surface area contributed by atoms with Crippen molar-refractivity contribution in [2.24, 2.45) is 5.92 Å². The summed E-state index contributed by atoms with van der Waals surface area (Å²) < 4.78 is 5.48. The van der Waals surface area contributed by atoms with E-state index in [1.165, 1.54) is 22.5 Å². The minimum Gasteiger partial charge on any atom is -0.462 e. The number of hydrogen-bond donors (Lipinski definition) is 1. The molecule has 0 spiro atoms. The second-order valence-corrected chi connectivity index (χ2v) is 12.8. The number of thiophene rings is 1. The number of nitrogens with one attached hydrogen (secondary N) is 1. The van der Waals surface area contributed by atoms with Gasteiger partial charge in [0.1, 0.15) is 10.6 Å². The number of pyridine rings is 1. The summed E-state index contributed by atoms with van der Waals surface area (Å²) in [5.74, 6) is 0.215. The van der Waals surface area contributed by atoms with Crippen LogP contribution in [-0.4, -0.2) is 23.5 Å². The van der Waals surface area contributed by atoms with Gasteiger partial charge in [0.05, 0.1) is 23.4 Å². The van der Waals surface area contributed by atoms with Crippen molar-refractivity contribution in [2.45, 2.75) is 53.9 Å². The van der Waals surface area contributed by atoms with Crippen LogP contribution in [0.2, 0.25) is 0 Å². The quantitative estimate of drug-likeness (QED) is 0.174. The first-order chi connectivity index (χ1) is 20.7. The summed E-state index contributed by atoms with van der Waals surface area (Å²) in [5.41, 5.74) is 7.47. The molecule has 0 aliphatic heterocycles. The Kier molecular flexibility index (Phi) is 9.07. The van der Waals surface area contributed by atoms with E-state index in [9.17, 15) is 9.59 Å². The van der Waals surface area contributed by atoms with Crippen LogP contribution in [0.1, 0.15) is 77.3 Å². The smallest absolute Gasteiger partial charge is 0.341 e. The lowest BCUT2D eigenvalue weighted by Crippen LogP contribution is -2.15. The molecular weight excluding hydrogens is 552 g/mol. The summed E-state index contributed by atoms with van der Waals surface area (Å²) in [7, 11) is 0. The number of carbonyl (C=O) groups excluding carboxylic acids is 2. The van der Waals surface area contributed by atoms with Crippen LogP contribution in [-0.2, 0) is 11.2 Å². The van der Waals surface area contributed by atoms with Crippen molar-refractivity contribution >= 4 is 39.1 Å². The Morgan fingerprint density at radius 3 is 2.23 bits per heavy atom. The summed E-state index contributed by atoms with van der Waals surface area (Å²) >= 11 is 1.39. The Morgan fingerprint density at radius 2 is 1.58 bits per heavy atom. The van der Waals surface area contributed by atoms with Crippen LogP contribution in [0.5, 0.6) is 0 Å². The highest BCUT2D eigenvalue weighted by Gasteiger charge is 2.26. The fourth-order valence-corrected chi connectivity index (χ4v) is 6.44. The first-order valence-electron chi connectivity index (χ1n) is 14.9. The average molecular weight is 591 g/mol. The number of para-hydroxylation sites is 1. The molecule has 0 bridgehead atoms. The second kappa shape index (κ2) is 12.9. The van der Waals surface area contributed by atoms with Crippen molar-refractivity contribution in [2.75, 3.05) is 11.9 Å². The molecule has 0 aliphatic rings. The number of nitrogens with zero attached hydrogens (tertiary/aromatic N) is 1. The van der Waals surface area contributed by atoms with Crippen molar-refractivity contribution in [3.63, 3.8) is 0 Å². The molecule has 5 rings (SSSR count). The van der Waals surface area contributed by atoms with Crippen LogP contribution in [0.4, 0.5) is 5.00 Å². The number of benzene rings is 3. The van der Waals surface area contributed by atoms with Gasteiger partial charge in [-0.3, -0.25) is 4.79 Å². The zero-order chi connectivity index (χ0) is 30.7. The van der Waals surface area contributed by atoms with E-state index in [1.807, 2.05) is 49.4 Å². The molecule has 3 aromatic carbocycles. The van der Waals surface area contributed by atoms with Crippen LogP contribution in [0.25, 0.3) is 33.3 Å². The van der Waals surface area contributed by atoms with E-state index in [0.29, 0.717) is 28.0 Å². The van der Waals surface area contributed by atoms with Gasteiger partial charge in [0.25, 0.3) is 5.91 Å². The third-order valence-electron chi connectivity index (χ3n) is 7.51. The average Bonchev–Trinajstić information content (AvgIpc) is 3.31. The zero-order valence-electron chi connectivity index (χ0n) is 25.7. The highest BCUT2D eigenvalue weighted by molar-refractivity contribution is 7.17. The zero-order valence-corrected chi connectivity index (χ0v) is 26.5. The number of aryl methyl sites for hydroxylation is 1. The lowest BCUT2D eigenvalue weighted by atomic mass is 9.96. The maximum absolute atomic E-state index is 14.0. The summed E-state index contributed by atoms with van der Waals surface area (Å²) in [6, 6.07) is 26.1. The van der Waals surface area contributed by atoms with Gasteiger partial charge in [-0.1, -0.05) is 94.4 Å². The van der Waals surface area contributed by atoms with Crippen LogP contribution >= 0.6 is 11.3 Å². The van der Waals surface area contributed by atoms with Gasteiger partial charge in [-0.25, -0.2) is 9.78 Å². The number of esters is 1. The predicted molar refractivity (Wildman–Crippen MR) is 178 cm³/mol. The Bertz CT molecular complexity index is 1770. The van der Waals surface area contributed by atoms with Gasteiger partial charge in [-0.2, -0.15) is 0 Å². The highest BCUT2D eigenvalue weighted by Crippen LogP contribution is 2.41. The lowest BCUT2D eigenvalue weighted by molar-refractivity contribution is 0.0529. The highest BCUT2D eigenvalue weighted by atomic mass is 32.1. The van der Waals surface area contributed by atoms with Crippen molar-refractivity contribution < 1.29 is 14.3 Å². The van der Waals surface area contributed by atoms with E-state index in [0.717, 1.165) is 44.6 Å². The monoisotopic (exact) mass is 590 g/mol. The van der Waals surface area contributed by atoms with Gasteiger partial charge in [-0.05, 0) is 60.9 Å². The standard InChI is InChI=1S/C37H38N2O3S/c1-7-42-37(41)34-33(28-18-16-26(17-19-28)23(4)5)24(6)43-36(34)39-35(40)30-21-32(38-31-11-9-8-10-29(30)31)27-14-12-25(13-15-27)20-22(2)3/h8-19,21-23H,7,20H2,1-6H3,(H,39,40). The predicted octanol–water partition coefficient (Wildman–Crippen LogP) is 9.69. The topological polar surface area (TPSA) is 68.3 Å². The number of carbonyl (C=O) groups is 2. The van der Waals surface area contributed by atoms with E-state index < -0.39 is 5.97 Å². The van der Waals surface area contributed by atoms with Gasteiger partial charge in [-0.15, -0.1) is 11.3 Å². The minimum absolute atomic E-state index is 0.237. The largest absolute Gasteiger partial charge is 0.462 e. The second-order valence-electron chi connectivity index (χ2n) is 11.6. The molecule has 5 nitrogen and oxygen atoms in total. The number of fused-ring (bicyclic) bond motifs is 1. The molecule has 0 unspecified atom stereocenters. The van der Waals surface area contributed by atoms with Gasteiger partial charge in [0.2, 0.25) is 0 Å². The van der Waals surface area contributed by atoms with E-state index in [1.54, 1.807) is 6.92 Å². The first kappa shape index (κ1) is 30.2. The number of ether oxygens (including phenoxy) is 1.